The molecule has 12 heteroatoms. The second-order valence-corrected chi connectivity index (χ2v) is 12.1. The summed E-state index contributed by atoms with van der Waals surface area (Å²) >= 11 is 7.70. The average molecular weight is 579 g/mol. The van der Waals surface area contributed by atoms with Crippen LogP contribution >= 0.6 is 35.7 Å². The van der Waals surface area contributed by atoms with Crippen LogP contribution in [0.4, 0.5) is 5.69 Å². The molecule has 1 aromatic heterocycles. The van der Waals surface area contributed by atoms with Crippen molar-refractivity contribution < 1.29 is 23.5 Å². The number of hydrogen-bond donors (Lipinski definition) is 1. The highest BCUT2D eigenvalue weighted by Gasteiger charge is 2.48. The third-order valence-electron chi connectivity index (χ3n) is 6.62. The molecule has 1 saturated heterocycles. The second-order valence-electron chi connectivity index (χ2n) is 9.47. The molecule has 1 N–H and O–H groups in total. The Bertz CT molecular complexity index is 1620. The van der Waals surface area contributed by atoms with E-state index in [0.29, 0.717) is 43.0 Å². The zero-order valence-electron chi connectivity index (χ0n) is 21.4. The molecule has 9 nitrogen and oxygen atoms in total. The van der Waals surface area contributed by atoms with E-state index in [1.54, 1.807) is 25.2 Å². The van der Waals surface area contributed by atoms with Crippen LogP contribution in [-0.2, 0) is 9.59 Å². The maximum atomic E-state index is 13.8. The molecule has 4 heterocycles. The molecule has 2 amide bonds. The number of ether oxygens (including phenoxy) is 2. The van der Waals surface area contributed by atoms with Gasteiger partial charge in [-0.3, -0.25) is 14.5 Å². The lowest BCUT2D eigenvalue weighted by atomic mass is 9.88. The average Bonchev–Trinajstić information content (AvgIpc) is 3.60. The molecule has 2 aromatic carbocycles. The fourth-order valence-electron chi connectivity index (χ4n) is 4.92. The monoisotopic (exact) mass is 578 g/mol. The molecule has 0 saturated carbocycles. The molecule has 0 radical (unpaired) electrons. The Morgan fingerprint density at radius 1 is 1.08 bits per heavy atom. The Morgan fingerprint density at radius 3 is 2.46 bits per heavy atom. The predicted octanol–water partition coefficient (Wildman–Crippen LogP) is 4.93. The summed E-state index contributed by atoms with van der Waals surface area (Å²) in [5.74, 6) is 1.65. The number of amides is 2. The molecule has 39 heavy (non-hydrogen) atoms. The minimum Gasteiger partial charge on any atom is -0.497 e. The highest BCUT2D eigenvalue weighted by Crippen LogP contribution is 2.53. The molecule has 0 spiro atoms. The van der Waals surface area contributed by atoms with Gasteiger partial charge in [0.25, 0.3) is 17.0 Å². The van der Waals surface area contributed by atoms with Gasteiger partial charge in [0.1, 0.15) is 15.8 Å². The van der Waals surface area contributed by atoms with Crippen molar-refractivity contribution in [3.05, 3.63) is 58.5 Å². The minimum absolute atomic E-state index is 0.240. The topological polar surface area (TPSA) is 107 Å². The van der Waals surface area contributed by atoms with Gasteiger partial charge in [-0.1, -0.05) is 41.8 Å². The lowest BCUT2D eigenvalue weighted by Crippen LogP contribution is -2.46. The zero-order valence-corrected chi connectivity index (χ0v) is 23.8. The number of hydrogen-bond acceptors (Lipinski definition) is 10. The smallest absolute Gasteiger partial charge is 0.277 e. The lowest BCUT2D eigenvalue weighted by molar-refractivity contribution is -0.116. The summed E-state index contributed by atoms with van der Waals surface area (Å²) in [5.41, 5.74) is 3.71. The summed E-state index contributed by atoms with van der Waals surface area (Å²) in [6.07, 6.45) is 2.06. The highest BCUT2D eigenvalue weighted by atomic mass is 32.2. The van der Waals surface area contributed by atoms with Gasteiger partial charge in [-0.2, -0.15) is 0 Å². The molecule has 0 bridgehead atoms. The number of carbonyl (C=O) groups excluding carboxylic acids is 2. The summed E-state index contributed by atoms with van der Waals surface area (Å²) in [4.78, 5) is 28.5. The number of rotatable bonds is 6. The predicted molar refractivity (Wildman–Crippen MR) is 155 cm³/mol. The van der Waals surface area contributed by atoms with Crippen LogP contribution in [0.1, 0.15) is 25.0 Å². The van der Waals surface area contributed by atoms with Crippen molar-refractivity contribution in [1.82, 2.24) is 15.5 Å². The maximum absolute atomic E-state index is 13.8. The van der Waals surface area contributed by atoms with E-state index in [-0.39, 0.29) is 11.8 Å². The number of methoxy groups -OCH3 is 2. The maximum Gasteiger partial charge on any atom is 0.277 e. The molecule has 6 rings (SSSR count). The fraction of sp³-hybridized carbons (Fsp3) is 0.222. The molecular formula is C27H22N4O5S3. The van der Waals surface area contributed by atoms with Crippen LogP contribution in [0.2, 0.25) is 0 Å². The van der Waals surface area contributed by atoms with E-state index in [9.17, 15) is 9.59 Å². The third-order valence-corrected chi connectivity index (χ3v) is 8.72. The van der Waals surface area contributed by atoms with Crippen molar-refractivity contribution in [3.63, 3.8) is 0 Å². The summed E-state index contributed by atoms with van der Waals surface area (Å²) < 4.78 is 17.1. The van der Waals surface area contributed by atoms with E-state index in [1.165, 1.54) is 11.8 Å². The number of carbonyl (C=O) groups is 2. The van der Waals surface area contributed by atoms with Crippen LogP contribution in [0, 0.1) is 0 Å². The van der Waals surface area contributed by atoms with Gasteiger partial charge < -0.3 is 19.2 Å². The van der Waals surface area contributed by atoms with Gasteiger partial charge in [-0.25, -0.2) is 0 Å². The summed E-state index contributed by atoms with van der Waals surface area (Å²) in [5, 5.41) is 11.5. The van der Waals surface area contributed by atoms with Crippen molar-refractivity contribution in [2.45, 2.75) is 24.6 Å². The van der Waals surface area contributed by atoms with Gasteiger partial charge in [0, 0.05) is 22.4 Å². The molecule has 3 aliphatic heterocycles. The Hall–Kier alpha value is -3.61. The molecular weight excluding hydrogens is 557 g/mol. The molecule has 1 fully saturated rings. The quantitative estimate of drug-likeness (QED) is 0.246. The van der Waals surface area contributed by atoms with Crippen molar-refractivity contribution in [2.24, 2.45) is 0 Å². The van der Waals surface area contributed by atoms with E-state index >= 15 is 0 Å². The van der Waals surface area contributed by atoms with Crippen LogP contribution in [-0.4, -0.2) is 51.8 Å². The standard InChI is InChI=1S/C27H22N4O5S3/c1-27(2)11-14(12-38-25-30-29-23(36-25)13-5-7-15(34-3)8-6-13)17-9-16(35-4)10-18-19(24(33)31(27)20(17)18)21-22(32)28-26(37)39-21/h5-11H,12H2,1-4H3,(H,28,32,37). The Labute approximate surface area is 238 Å². The second kappa shape index (κ2) is 9.54. The third kappa shape index (κ3) is 4.32. The number of anilines is 1. The largest absolute Gasteiger partial charge is 0.497 e. The first-order chi connectivity index (χ1) is 18.7. The normalized spacial score (nSPS) is 19.2. The Balaban J connectivity index is 1.36. The first kappa shape index (κ1) is 25.7. The SMILES string of the molecule is COc1ccc(-c2nnc(SCC3=CC(C)(C)N4C(=O)C(=C5SC(=S)NC5=O)c5cc(OC)cc3c54)o2)cc1. The zero-order chi connectivity index (χ0) is 27.5. The van der Waals surface area contributed by atoms with E-state index in [4.69, 9.17) is 26.1 Å². The Morgan fingerprint density at radius 2 is 1.79 bits per heavy atom. The van der Waals surface area contributed by atoms with Crippen molar-refractivity contribution >= 4 is 68.7 Å². The number of thiocarbonyl (C=S) groups is 1. The summed E-state index contributed by atoms with van der Waals surface area (Å²) in [6.45, 7) is 3.95. The number of nitrogens with zero attached hydrogens (tertiary/aromatic N) is 3. The van der Waals surface area contributed by atoms with Crippen molar-refractivity contribution in [3.8, 4) is 23.0 Å². The van der Waals surface area contributed by atoms with Crippen LogP contribution in [0.25, 0.3) is 22.6 Å². The summed E-state index contributed by atoms with van der Waals surface area (Å²) in [7, 11) is 3.19. The molecule has 0 aliphatic carbocycles. The lowest BCUT2D eigenvalue weighted by Gasteiger charge is -2.39. The molecule has 3 aliphatic rings. The molecule has 198 valence electrons. The van der Waals surface area contributed by atoms with Crippen molar-refractivity contribution in [1.29, 1.82) is 0 Å². The number of aromatic nitrogens is 2. The van der Waals surface area contributed by atoms with Crippen LogP contribution in [0.3, 0.4) is 0 Å². The van der Waals surface area contributed by atoms with Gasteiger partial charge in [-0.15, -0.1) is 10.2 Å². The molecule has 3 aromatic rings. The number of benzene rings is 2. The van der Waals surface area contributed by atoms with Gasteiger partial charge in [-0.05, 0) is 55.8 Å². The van der Waals surface area contributed by atoms with Crippen LogP contribution in [0.5, 0.6) is 11.5 Å². The van der Waals surface area contributed by atoms with Crippen LogP contribution < -0.4 is 19.7 Å². The first-order valence-electron chi connectivity index (χ1n) is 11.9. The first-order valence-corrected chi connectivity index (χ1v) is 14.1. The molecule has 0 atom stereocenters. The van der Waals surface area contributed by atoms with Gasteiger partial charge >= 0.3 is 0 Å². The fourth-order valence-corrected chi connectivity index (χ4v) is 6.79. The van der Waals surface area contributed by atoms with E-state index < -0.39 is 5.54 Å². The van der Waals surface area contributed by atoms with E-state index in [2.05, 4.69) is 21.6 Å². The van der Waals surface area contributed by atoms with E-state index in [0.717, 1.165) is 39.9 Å². The number of nitrogens with one attached hydrogen (secondary N) is 1. The van der Waals surface area contributed by atoms with Crippen LogP contribution in [0.15, 0.2) is 57.0 Å². The minimum atomic E-state index is -0.658. The van der Waals surface area contributed by atoms with Crippen molar-refractivity contribution in [2.75, 3.05) is 24.9 Å². The Kier molecular flexibility index (Phi) is 6.28. The van der Waals surface area contributed by atoms with E-state index in [1.807, 2.05) is 44.2 Å². The summed E-state index contributed by atoms with van der Waals surface area (Å²) in [6, 6.07) is 11.1. The number of thioether (sulfide) groups is 2. The van der Waals surface area contributed by atoms with Gasteiger partial charge in [0.05, 0.1) is 35.9 Å². The highest BCUT2D eigenvalue weighted by molar-refractivity contribution is 8.27. The van der Waals surface area contributed by atoms with Gasteiger partial charge in [0.15, 0.2) is 0 Å². The van der Waals surface area contributed by atoms with Gasteiger partial charge in [0.2, 0.25) is 5.89 Å². The molecule has 0 unspecified atom stereocenters.